The lowest BCUT2D eigenvalue weighted by atomic mass is 9.93. The maximum absolute atomic E-state index is 13.9. The Labute approximate surface area is 241 Å². The minimum atomic E-state index is -0.733. The van der Waals surface area contributed by atoms with E-state index in [0.717, 1.165) is 34.4 Å². The molecule has 5 rings (SSSR count). The number of benzene rings is 2. The molecule has 2 aromatic carbocycles. The van der Waals surface area contributed by atoms with E-state index in [-0.39, 0.29) is 17.3 Å². The molecule has 0 bridgehead atoms. The maximum atomic E-state index is 13.9. The summed E-state index contributed by atoms with van der Waals surface area (Å²) in [6, 6.07) is 16.1. The van der Waals surface area contributed by atoms with Crippen molar-refractivity contribution in [2.75, 3.05) is 25.6 Å². The molecule has 3 heterocycles. The Hall–Kier alpha value is -4.54. The van der Waals surface area contributed by atoms with Crippen molar-refractivity contribution < 1.29 is 23.9 Å². The van der Waals surface area contributed by atoms with Gasteiger partial charge in [-0.3, -0.25) is 9.59 Å². The quantitative estimate of drug-likeness (QED) is 0.253. The Morgan fingerprint density at radius 2 is 1.90 bits per heavy atom. The van der Waals surface area contributed by atoms with Gasteiger partial charge in [0.1, 0.15) is 11.4 Å². The first-order valence-corrected chi connectivity index (χ1v) is 14.2. The molecule has 0 saturated carbocycles. The second-order valence-corrected chi connectivity index (χ2v) is 10.4. The lowest BCUT2D eigenvalue weighted by Crippen LogP contribution is -2.26. The van der Waals surface area contributed by atoms with Crippen LogP contribution in [-0.2, 0) is 17.7 Å². The zero-order valence-corrected chi connectivity index (χ0v) is 23.6. The molecule has 41 heavy (non-hydrogen) atoms. The third-order valence-corrected chi connectivity index (χ3v) is 7.73. The van der Waals surface area contributed by atoms with Gasteiger partial charge in [-0.15, -0.1) is 11.3 Å². The smallest absolute Gasteiger partial charge is 0.357 e. The van der Waals surface area contributed by atoms with E-state index in [1.807, 2.05) is 30.5 Å². The van der Waals surface area contributed by atoms with Crippen molar-refractivity contribution in [1.82, 2.24) is 10.3 Å². The number of carbonyl (C=O) groups excluding carboxylic acids is 3. The van der Waals surface area contributed by atoms with Crippen molar-refractivity contribution in [3.63, 3.8) is 0 Å². The van der Waals surface area contributed by atoms with Crippen LogP contribution in [0.5, 0.6) is 5.75 Å². The van der Waals surface area contributed by atoms with Crippen LogP contribution in [0.25, 0.3) is 21.6 Å². The molecule has 0 unspecified atom stereocenters. The van der Waals surface area contributed by atoms with Gasteiger partial charge < -0.3 is 25.8 Å². The predicted octanol–water partition coefficient (Wildman–Crippen LogP) is 5.05. The van der Waals surface area contributed by atoms with Gasteiger partial charge in [0.15, 0.2) is 5.69 Å². The van der Waals surface area contributed by atoms with E-state index in [2.05, 4.69) is 21.7 Å². The van der Waals surface area contributed by atoms with Crippen LogP contribution in [-0.4, -0.2) is 43.0 Å². The number of nitrogens with one attached hydrogen (secondary N) is 2. The molecule has 0 fully saturated rings. The molecular formula is C31H30N4O5S. The van der Waals surface area contributed by atoms with E-state index in [4.69, 9.17) is 15.2 Å². The summed E-state index contributed by atoms with van der Waals surface area (Å²) in [7, 11) is 1.24. The van der Waals surface area contributed by atoms with Crippen molar-refractivity contribution >= 4 is 34.8 Å². The van der Waals surface area contributed by atoms with Crippen molar-refractivity contribution in [3.05, 3.63) is 88.1 Å². The van der Waals surface area contributed by atoms with Crippen LogP contribution in [0.3, 0.4) is 0 Å². The lowest BCUT2D eigenvalue weighted by molar-refractivity contribution is 0.0594. The number of aromatic nitrogens is 1. The number of thiophene rings is 1. The van der Waals surface area contributed by atoms with Crippen molar-refractivity contribution in [1.29, 1.82) is 0 Å². The molecule has 0 saturated heterocycles. The summed E-state index contributed by atoms with van der Waals surface area (Å²) in [5.41, 5.74) is 10.2. The first-order chi connectivity index (χ1) is 19.9. The first kappa shape index (κ1) is 28.0. The molecule has 0 aliphatic carbocycles. The maximum Gasteiger partial charge on any atom is 0.357 e. The minimum absolute atomic E-state index is 0.0708. The Morgan fingerprint density at radius 1 is 1.05 bits per heavy atom. The second kappa shape index (κ2) is 12.3. The normalized spacial score (nSPS) is 11.9. The highest BCUT2D eigenvalue weighted by molar-refractivity contribution is 7.13. The molecule has 210 valence electrons. The number of pyridine rings is 1. The summed E-state index contributed by atoms with van der Waals surface area (Å²) < 4.78 is 11.2. The summed E-state index contributed by atoms with van der Waals surface area (Å²) in [5, 5.41) is 7.75. The number of hydrogen-bond acceptors (Lipinski definition) is 8. The van der Waals surface area contributed by atoms with Gasteiger partial charge in [-0.2, -0.15) is 0 Å². The number of nitrogens with two attached hydrogens (primary N) is 1. The van der Waals surface area contributed by atoms with Crippen molar-refractivity contribution in [3.8, 4) is 27.3 Å². The lowest BCUT2D eigenvalue weighted by Gasteiger charge is -2.17. The predicted molar refractivity (Wildman–Crippen MR) is 158 cm³/mol. The van der Waals surface area contributed by atoms with Gasteiger partial charge in [0.2, 0.25) is 0 Å². The zero-order chi connectivity index (χ0) is 28.9. The third kappa shape index (κ3) is 5.84. The standard InChI is InChI=1S/C31H30N4O5S/c1-3-11-33-30(37)25-8-7-21(27(35-25)31(38)39-2)22-16-26-24(28-19(9-12-40-26)10-13-41-28)15-23(22)29(36)34-20-6-4-5-18(14-20)17-32/h4-8,10,13-16H,3,9,11-12,17,32H2,1-2H3,(H,33,37)(H,34,36). The molecule has 0 atom stereocenters. The number of fused-ring (bicyclic) bond motifs is 3. The monoisotopic (exact) mass is 570 g/mol. The summed E-state index contributed by atoms with van der Waals surface area (Å²) in [4.78, 5) is 44.9. The number of carbonyl (C=O) groups is 3. The fourth-order valence-electron chi connectivity index (χ4n) is 4.69. The van der Waals surface area contributed by atoms with Gasteiger partial charge in [-0.1, -0.05) is 19.1 Å². The van der Waals surface area contributed by atoms with Gasteiger partial charge in [0.25, 0.3) is 11.8 Å². The Morgan fingerprint density at radius 3 is 2.68 bits per heavy atom. The van der Waals surface area contributed by atoms with Crippen molar-refractivity contribution in [2.45, 2.75) is 26.3 Å². The van der Waals surface area contributed by atoms with E-state index >= 15 is 0 Å². The van der Waals surface area contributed by atoms with Gasteiger partial charge in [0.05, 0.1) is 13.7 Å². The van der Waals surface area contributed by atoms with Gasteiger partial charge >= 0.3 is 5.97 Å². The van der Waals surface area contributed by atoms with Gasteiger partial charge in [-0.25, -0.2) is 9.78 Å². The van der Waals surface area contributed by atoms with Crippen LogP contribution in [0.15, 0.2) is 60.0 Å². The Kier molecular flexibility index (Phi) is 8.42. The highest BCUT2D eigenvalue weighted by Crippen LogP contribution is 2.43. The Bertz CT molecular complexity index is 1630. The van der Waals surface area contributed by atoms with Gasteiger partial charge in [0, 0.05) is 52.3 Å². The molecular weight excluding hydrogens is 540 g/mol. The van der Waals surface area contributed by atoms with Crippen LogP contribution >= 0.6 is 11.3 Å². The number of hydrogen-bond donors (Lipinski definition) is 3. The molecule has 10 heteroatoms. The van der Waals surface area contributed by atoms with Crippen LogP contribution in [0.2, 0.25) is 0 Å². The second-order valence-electron chi connectivity index (χ2n) is 9.47. The highest BCUT2D eigenvalue weighted by Gasteiger charge is 2.27. The first-order valence-electron chi connectivity index (χ1n) is 13.3. The van der Waals surface area contributed by atoms with Crippen molar-refractivity contribution in [2.24, 2.45) is 5.73 Å². The summed E-state index contributed by atoms with van der Waals surface area (Å²) in [5.74, 6) is -0.941. The number of nitrogens with zero attached hydrogens (tertiary/aromatic N) is 1. The molecule has 2 amide bonds. The van der Waals surface area contributed by atoms with E-state index in [0.29, 0.717) is 47.8 Å². The minimum Gasteiger partial charge on any atom is -0.493 e. The average molecular weight is 571 g/mol. The number of amides is 2. The average Bonchev–Trinajstić information content (AvgIpc) is 3.40. The van der Waals surface area contributed by atoms with E-state index in [1.165, 1.54) is 13.2 Å². The number of methoxy groups -OCH3 is 1. The molecule has 4 aromatic rings. The van der Waals surface area contributed by atoms with E-state index < -0.39 is 11.9 Å². The van der Waals surface area contributed by atoms with E-state index in [9.17, 15) is 14.4 Å². The largest absolute Gasteiger partial charge is 0.493 e. The van der Waals surface area contributed by atoms with Crippen LogP contribution in [0, 0.1) is 0 Å². The fraction of sp³-hybridized carbons (Fsp3) is 0.226. The van der Waals surface area contributed by atoms with Crippen LogP contribution in [0.1, 0.15) is 55.8 Å². The zero-order valence-electron chi connectivity index (χ0n) is 22.8. The van der Waals surface area contributed by atoms with Crippen LogP contribution in [0.4, 0.5) is 5.69 Å². The number of ether oxygens (including phenoxy) is 2. The third-order valence-electron chi connectivity index (χ3n) is 6.74. The fourth-order valence-corrected chi connectivity index (χ4v) is 5.66. The SMILES string of the molecule is CCCNC(=O)c1ccc(-c2cc3c(cc2C(=O)Nc2cccc(CN)c2)-c2sccc2CCO3)c(C(=O)OC)n1. The number of rotatable bonds is 8. The van der Waals surface area contributed by atoms with Crippen LogP contribution < -0.4 is 21.1 Å². The topological polar surface area (TPSA) is 133 Å². The number of anilines is 1. The highest BCUT2D eigenvalue weighted by atomic mass is 32.1. The molecule has 1 aliphatic heterocycles. The summed E-state index contributed by atoms with van der Waals surface area (Å²) in [6.45, 7) is 3.21. The molecule has 0 radical (unpaired) electrons. The van der Waals surface area contributed by atoms with Gasteiger partial charge in [-0.05, 0) is 65.4 Å². The molecule has 1 aliphatic rings. The van der Waals surface area contributed by atoms with E-state index in [1.54, 1.807) is 35.6 Å². The number of esters is 1. The molecule has 2 aromatic heterocycles. The molecule has 4 N–H and O–H groups in total. The molecule has 0 spiro atoms. The summed E-state index contributed by atoms with van der Waals surface area (Å²) >= 11 is 1.58. The molecule has 9 nitrogen and oxygen atoms in total. The summed E-state index contributed by atoms with van der Waals surface area (Å²) in [6.07, 6.45) is 1.48. The Balaban J connectivity index is 1.68.